The fourth-order valence-corrected chi connectivity index (χ4v) is 5.34. The van der Waals surface area contributed by atoms with Gasteiger partial charge in [0.15, 0.2) is 16.3 Å². The van der Waals surface area contributed by atoms with E-state index in [-0.39, 0.29) is 12.2 Å². The van der Waals surface area contributed by atoms with Gasteiger partial charge in [0.2, 0.25) is 0 Å². The number of halogens is 1. The Hall–Kier alpha value is -3.17. The van der Waals surface area contributed by atoms with Crippen LogP contribution in [-0.4, -0.2) is 31.4 Å². The molecule has 34 heavy (non-hydrogen) atoms. The van der Waals surface area contributed by atoms with E-state index in [4.69, 9.17) is 14.2 Å². The Morgan fingerprint density at radius 3 is 2.62 bits per heavy atom. The maximum Gasteiger partial charge on any atom is 0.338 e. The highest BCUT2D eigenvalue weighted by molar-refractivity contribution is 9.10. The standard InChI is InChI=1S/C25H23BrN2O5S/c1-5-33-24(30)21-14(2)27-25-28(22(21)16-9-10-18(31-3)19(13-16)32-4)23(29)20(34-25)12-15-7-6-8-17(26)11-15/h6-13,22H,5H2,1-4H3/b20-12-/t22-/m0/s1. The monoisotopic (exact) mass is 542 g/mol. The molecule has 1 aromatic heterocycles. The number of fused-ring (bicyclic) bond motifs is 1. The highest BCUT2D eigenvalue weighted by atomic mass is 79.9. The van der Waals surface area contributed by atoms with Crippen molar-refractivity contribution in [3.05, 3.63) is 89.0 Å². The van der Waals surface area contributed by atoms with Crippen molar-refractivity contribution in [1.29, 1.82) is 0 Å². The van der Waals surface area contributed by atoms with Crippen LogP contribution in [0.1, 0.15) is 31.0 Å². The van der Waals surface area contributed by atoms with Gasteiger partial charge in [0, 0.05) is 4.47 Å². The van der Waals surface area contributed by atoms with E-state index < -0.39 is 12.0 Å². The number of carbonyl (C=O) groups is 1. The predicted molar refractivity (Wildman–Crippen MR) is 134 cm³/mol. The molecule has 0 fully saturated rings. The molecule has 0 amide bonds. The van der Waals surface area contributed by atoms with Gasteiger partial charge in [0.25, 0.3) is 5.56 Å². The molecule has 9 heteroatoms. The fraction of sp³-hybridized carbons (Fsp3) is 0.240. The molecule has 4 rings (SSSR count). The smallest absolute Gasteiger partial charge is 0.338 e. The van der Waals surface area contributed by atoms with Crippen LogP contribution < -0.4 is 24.4 Å². The summed E-state index contributed by atoms with van der Waals surface area (Å²) in [4.78, 5) is 31.8. The summed E-state index contributed by atoms with van der Waals surface area (Å²) >= 11 is 4.74. The molecule has 1 aliphatic rings. The summed E-state index contributed by atoms with van der Waals surface area (Å²) in [5, 5.41) is 0. The summed E-state index contributed by atoms with van der Waals surface area (Å²) in [6, 6.07) is 12.3. The number of ether oxygens (including phenoxy) is 3. The van der Waals surface area contributed by atoms with Crippen molar-refractivity contribution in [2.75, 3.05) is 20.8 Å². The van der Waals surface area contributed by atoms with Crippen molar-refractivity contribution in [3.63, 3.8) is 0 Å². The lowest BCUT2D eigenvalue weighted by molar-refractivity contribution is -0.139. The lowest BCUT2D eigenvalue weighted by Gasteiger charge is -2.25. The molecule has 0 saturated carbocycles. The van der Waals surface area contributed by atoms with Crippen molar-refractivity contribution >= 4 is 39.3 Å². The van der Waals surface area contributed by atoms with Gasteiger partial charge in [-0.1, -0.05) is 45.5 Å². The topological polar surface area (TPSA) is 79.1 Å². The summed E-state index contributed by atoms with van der Waals surface area (Å²) in [6.45, 7) is 3.71. The molecular weight excluding hydrogens is 520 g/mol. The van der Waals surface area contributed by atoms with Crippen LogP contribution >= 0.6 is 27.3 Å². The minimum atomic E-state index is -0.722. The first kappa shape index (κ1) is 24.0. The molecule has 1 atom stereocenters. The van der Waals surface area contributed by atoms with Crippen molar-refractivity contribution in [1.82, 2.24) is 4.57 Å². The molecule has 0 radical (unpaired) electrons. The summed E-state index contributed by atoms with van der Waals surface area (Å²) < 4.78 is 19.2. The molecule has 0 aliphatic carbocycles. The average Bonchev–Trinajstić information content (AvgIpc) is 3.12. The second-order valence-corrected chi connectivity index (χ2v) is 9.40. The van der Waals surface area contributed by atoms with Crippen LogP contribution in [0.4, 0.5) is 0 Å². The Balaban J connectivity index is 1.97. The van der Waals surface area contributed by atoms with Gasteiger partial charge >= 0.3 is 5.97 Å². The number of rotatable bonds is 6. The Kier molecular flexibility index (Phi) is 7.04. The van der Waals surface area contributed by atoms with E-state index in [1.807, 2.05) is 36.4 Å². The van der Waals surface area contributed by atoms with Crippen LogP contribution in [0, 0.1) is 0 Å². The van der Waals surface area contributed by atoms with Gasteiger partial charge in [-0.3, -0.25) is 9.36 Å². The third-order valence-corrected chi connectivity index (χ3v) is 6.86. The van der Waals surface area contributed by atoms with E-state index in [1.54, 1.807) is 44.8 Å². The van der Waals surface area contributed by atoms with Crippen LogP contribution in [0.15, 0.2) is 68.0 Å². The SMILES string of the molecule is CCOC(=O)C1=C(C)N=c2s/c(=C\c3cccc(Br)c3)c(=O)n2[C@H]1c1ccc(OC)c(OC)c1. The van der Waals surface area contributed by atoms with Gasteiger partial charge in [-0.25, -0.2) is 9.79 Å². The lowest BCUT2D eigenvalue weighted by Crippen LogP contribution is -2.39. The number of methoxy groups -OCH3 is 2. The molecule has 0 unspecified atom stereocenters. The van der Waals surface area contributed by atoms with E-state index in [9.17, 15) is 9.59 Å². The second kappa shape index (κ2) is 9.99. The zero-order chi connectivity index (χ0) is 24.4. The number of benzene rings is 2. The first-order valence-electron chi connectivity index (χ1n) is 10.5. The molecule has 0 bridgehead atoms. The summed E-state index contributed by atoms with van der Waals surface area (Å²) in [5.41, 5.74) is 2.15. The zero-order valence-corrected chi connectivity index (χ0v) is 21.5. The maximum absolute atomic E-state index is 13.6. The number of thiazole rings is 1. The molecule has 0 saturated heterocycles. The fourth-order valence-electron chi connectivity index (χ4n) is 3.88. The van der Waals surface area contributed by atoms with Crippen molar-refractivity contribution < 1.29 is 19.0 Å². The van der Waals surface area contributed by atoms with Gasteiger partial charge in [-0.2, -0.15) is 0 Å². The number of hydrogen-bond donors (Lipinski definition) is 0. The molecule has 2 aromatic carbocycles. The molecule has 0 spiro atoms. The third-order valence-electron chi connectivity index (χ3n) is 5.39. The minimum absolute atomic E-state index is 0.210. The zero-order valence-electron chi connectivity index (χ0n) is 19.1. The second-order valence-electron chi connectivity index (χ2n) is 7.47. The molecule has 176 valence electrons. The largest absolute Gasteiger partial charge is 0.493 e. The van der Waals surface area contributed by atoms with Crippen LogP contribution in [-0.2, 0) is 9.53 Å². The summed E-state index contributed by atoms with van der Waals surface area (Å²) in [6.07, 6.45) is 1.82. The van der Waals surface area contributed by atoms with E-state index >= 15 is 0 Å². The number of carbonyl (C=O) groups excluding carboxylic acids is 1. The van der Waals surface area contributed by atoms with Gasteiger partial charge < -0.3 is 14.2 Å². The van der Waals surface area contributed by atoms with E-state index in [0.29, 0.717) is 37.7 Å². The minimum Gasteiger partial charge on any atom is -0.493 e. The van der Waals surface area contributed by atoms with Gasteiger partial charge in [0.1, 0.15) is 0 Å². The highest BCUT2D eigenvalue weighted by Gasteiger charge is 2.33. The van der Waals surface area contributed by atoms with Crippen LogP contribution in [0.3, 0.4) is 0 Å². The van der Waals surface area contributed by atoms with Crippen LogP contribution in [0.2, 0.25) is 0 Å². The maximum atomic E-state index is 13.6. The molecule has 0 N–H and O–H groups in total. The van der Waals surface area contributed by atoms with E-state index in [0.717, 1.165) is 10.0 Å². The molecule has 3 aromatic rings. The van der Waals surface area contributed by atoms with E-state index in [1.165, 1.54) is 11.3 Å². The predicted octanol–water partition coefficient (Wildman–Crippen LogP) is 3.58. The van der Waals surface area contributed by atoms with Crippen LogP contribution in [0.5, 0.6) is 11.5 Å². The Morgan fingerprint density at radius 1 is 1.18 bits per heavy atom. The lowest BCUT2D eigenvalue weighted by atomic mass is 9.95. The van der Waals surface area contributed by atoms with Gasteiger partial charge in [-0.05, 0) is 55.3 Å². The van der Waals surface area contributed by atoms with Crippen LogP contribution in [0.25, 0.3) is 6.08 Å². The quantitative estimate of drug-likeness (QED) is 0.445. The first-order chi connectivity index (χ1) is 16.4. The third kappa shape index (κ3) is 4.45. The Labute approximate surface area is 208 Å². The number of esters is 1. The number of aromatic nitrogens is 1. The highest BCUT2D eigenvalue weighted by Crippen LogP contribution is 2.36. The Bertz CT molecular complexity index is 1470. The molecule has 7 nitrogen and oxygen atoms in total. The molecule has 1 aliphatic heterocycles. The van der Waals surface area contributed by atoms with Crippen molar-refractivity contribution in [2.45, 2.75) is 19.9 Å². The molecule has 2 heterocycles. The number of hydrogen-bond acceptors (Lipinski definition) is 7. The summed E-state index contributed by atoms with van der Waals surface area (Å²) in [5.74, 6) is 0.533. The number of nitrogens with zero attached hydrogens (tertiary/aromatic N) is 2. The normalized spacial score (nSPS) is 15.6. The van der Waals surface area contributed by atoms with E-state index in [2.05, 4.69) is 20.9 Å². The van der Waals surface area contributed by atoms with Gasteiger partial charge in [0.05, 0.1) is 42.7 Å². The molecular formula is C25H23BrN2O5S. The van der Waals surface area contributed by atoms with Gasteiger partial charge in [-0.15, -0.1) is 0 Å². The average molecular weight is 543 g/mol. The summed E-state index contributed by atoms with van der Waals surface area (Å²) in [7, 11) is 3.09. The van der Waals surface area contributed by atoms with Crippen molar-refractivity contribution in [2.24, 2.45) is 4.99 Å². The van der Waals surface area contributed by atoms with Crippen molar-refractivity contribution in [3.8, 4) is 11.5 Å². The first-order valence-corrected chi connectivity index (χ1v) is 12.2. The number of allylic oxidation sites excluding steroid dienone is 1. The Morgan fingerprint density at radius 2 is 1.94 bits per heavy atom.